The van der Waals surface area contributed by atoms with Gasteiger partial charge in [0.1, 0.15) is 12.3 Å². The fourth-order valence-electron chi connectivity index (χ4n) is 2.20. The molecule has 0 N–H and O–H groups in total. The van der Waals surface area contributed by atoms with Crippen molar-refractivity contribution in [1.29, 1.82) is 0 Å². The first-order valence-electron chi connectivity index (χ1n) is 6.61. The van der Waals surface area contributed by atoms with Crippen LogP contribution in [0, 0.1) is 6.92 Å². The molecule has 0 atom stereocenters. The molecule has 1 aliphatic rings. The third-order valence-corrected chi connectivity index (χ3v) is 3.29. The van der Waals surface area contributed by atoms with Gasteiger partial charge in [0.2, 0.25) is 5.91 Å². The molecule has 2 amide bonds. The molecular formula is C14H19N3O3. The number of hydrogen-bond acceptors (Lipinski definition) is 4. The molecule has 0 saturated carbocycles. The van der Waals surface area contributed by atoms with E-state index in [1.807, 2.05) is 19.1 Å². The van der Waals surface area contributed by atoms with Crippen LogP contribution >= 0.6 is 0 Å². The van der Waals surface area contributed by atoms with E-state index in [0.29, 0.717) is 31.9 Å². The highest BCUT2D eigenvalue weighted by molar-refractivity contribution is 5.92. The average Bonchev–Trinajstić information content (AvgIpc) is 2.47. The number of hydrogen-bond donors (Lipinski definition) is 0. The summed E-state index contributed by atoms with van der Waals surface area (Å²) < 4.78 is 4.83. The zero-order valence-corrected chi connectivity index (χ0v) is 11.8. The second-order valence-corrected chi connectivity index (χ2v) is 4.77. The molecule has 1 aromatic rings. The largest absolute Gasteiger partial charge is 0.375 e. The molecule has 0 unspecified atom stereocenters. The van der Waals surface area contributed by atoms with Crippen molar-refractivity contribution in [3.63, 3.8) is 0 Å². The van der Waals surface area contributed by atoms with E-state index in [4.69, 9.17) is 4.74 Å². The average molecular weight is 277 g/mol. The van der Waals surface area contributed by atoms with E-state index in [-0.39, 0.29) is 18.4 Å². The molecule has 0 radical (unpaired) electrons. The quantitative estimate of drug-likeness (QED) is 0.798. The van der Waals surface area contributed by atoms with Crippen molar-refractivity contribution < 1.29 is 14.3 Å². The fraction of sp³-hybridized carbons (Fsp3) is 0.500. The summed E-state index contributed by atoms with van der Waals surface area (Å²) in [4.78, 5) is 31.7. The van der Waals surface area contributed by atoms with Crippen LogP contribution in [0.25, 0.3) is 0 Å². The highest BCUT2D eigenvalue weighted by Crippen LogP contribution is 2.08. The summed E-state index contributed by atoms with van der Waals surface area (Å²) in [5.74, 6) is -0.110. The molecule has 0 spiro atoms. The molecule has 0 aromatic carbocycles. The molecule has 2 rings (SSSR count). The van der Waals surface area contributed by atoms with Crippen LogP contribution in [0.2, 0.25) is 0 Å². The first kappa shape index (κ1) is 14.5. The van der Waals surface area contributed by atoms with Gasteiger partial charge in [0.05, 0.1) is 0 Å². The number of nitrogens with zero attached hydrogens (tertiary/aromatic N) is 3. The van der Waals surface area contributed by atoms with Gasteiger partial charge < -0.3 is 14.5 Å². The van der Waals surface area contributed by atoms with E-state index in [9.17, 15) is 9.59 Å². The van der Waals surface area contributed by atoms with Crippen LogP contribution < -0.4 is 0 Å². The van der Waals surface area contributed by atoms with Gasteiger partial charge in [-0.25, -0.2) is 4.98 Å². The van der Waals surface area contributed by atoms with Crippen molar-refractivity contribution in [2.24, 2.45) is 0 Å². The lowest BCUT2D eigenvalue weighted by Crippen LogP contribution is -2.51. The van der Waals surface area contributed by atoms with Crippen LogP contribution in [0.3, 0.4) is 0 Å². The van der Waals surface area contributed by atoms with Crippen molar-refractivity contribution >= 4 is 11.8 Å². The van der Waals surface area contributed by atoms with E-state index in [1.165, 1.54) is 7.11 Å². The molecule has 1 fully saturated rings. The highest BCUT2D eigenvalue weighted by atomic mass is 16.5. The number of carbonyl (C=O) groups is 2. The fourth-order valence-corrected chi connectivity index (χ4v) is 2.20. The van der Waals surface area contributed by atoms with E-state index in [2.05, 4.69) is 4.98 Å². The Morgan fingerprint density at radius 2 is 1.85 bits per heavy atom. The molecule has 1 aliphatic heterocycles. The Kier molecular flexibility index (Phi) is 4.68. The predicted molar refractivity (Wildman–Crippen MR) is 73.3 cm³/mol. The summed E-state index contributed by atoms with van der Waals surface area (Å²) in [7, 11) is 1.50. The topological polar surface area (TPSA) is 62.7 Å². The van der Waals surface area contributed by atoms with Gasteiger partial charge >= 0.3 is 0 Å². The van der Waals surface area contributed by atoms with Crippen molar-refractivity contribution in [2.45, 2.75) is 6.92 Å². The Hall–Kier alpha value is -1.95. The summed E-state index contributed by atoms with van der Waals surface area (Å²) in [6.07, 6.45) is 0. The molecule has 6 heteroatoms. The predicted octanol–water partition coefficient (Wildman–Crippen LogP) is 0.321. The summed E-state index contributed by atoms with van der Waals surface area (Å²) in [6.45, 7) is 4.10. The monoisotopic (exact) mass is 277 g/mol. The lowest BCUT2D eigenvalue weighted by atomic mass is 10.2. The molecule has 1 aromatic heterocycles. The van der Waals surface area contributed by atoms with Crippen molar-refractivity contribution in [1.82, 2.24) is 14.8 Å². The van der Waals surface area contributed by atoms with Gasteiger partial charge in [-0.3, -0.25) is 9.59 Å². The number of piperazine rings is 1. The summed E-state index contributed by atoms with van der Waals surface area (Å²) in [5, 5.41) is 0. The van der Waals surface area contributed by atoms with Crippen LogP contribution in [-0.2, 0) is 9.53 Å². The van der Waals surface area contributed by atoms with Gasteiger partial charge in [-0.15, -0.1) is 0 Å². The van der Waals surface area contributed by atoms with Crippen LogP contribution in [0.15, 0.2) is 18.2 Å². The lowest BCUT2D eigenvalue weighted by Gasteiger charge is -2.34. The van der Waals surface area contributed by atoms with E-state index in [1.54, 1.807) is 15.9 Å². The van der Waals surface area contributed by atoms with Gasteiger partial charge in [0.25, 0.3) is 5.91 Å². The first-order chi connectivity index (χ1) is 9.61. The van der Waals surface area contributed by atoms with Crippen molar-refractivity contribution in [3.05, 3.63) is 29.6 Å². The van der Waals surface area contributed by atoms with Gasteiger partial charge in [-0.2, -0.15) is 0 Å². The Morgan fingerprint density at radius 1 is 1.20 bits per heavy atom. The Labute approximate surface area is 118 Å². The smallest absolute Gasteiger partial charge is 0.272 e. The number of aromatic nitrogens is 1. The minimum atomic E-state index is -0.0764. The second kappa shape index (κ2) is 6.47. The summed E-state index contributed by atoms with van der Waals surface area (Å²) in [5.41, 5.74) is 1.28. The third-order valence-electron chi connectivity index (χ3n) is 3.29. The van der Waals surface area contributed by atoms with Crippen LogP contribution in [0.5, 0.6) is 0 Å². The van der Waals surface area contributed by atoms with Gasteiger partial charge in [0.15, 0.2) is 0 Å². The molecule has 108 valence electrons. The van der Waals surface area contributed by atoms with Crippen molar-refractivity contribution in [3.8, 4) is 0 Å². The first-order valence-corrected chi connectivity index (χ1v) is 6.61. The third kappa shape index (κ3) is 3.33. The zero-order valence-electron chi connectivity index (χ0n) is 11.8. The summed E-state index contributed by atoms with van der Waals surface area (Å²) in [6, 6.07) is 5.41. The van der Waals surface area contributed by atoms with E-state index < -0.39 is 0 Å². The molecule has 20 heavy (non-hydrogen) atoms. The number of rotatable bonds is 3. The van der Waals surface area contributed by atoms with Crippen LogP contribution in [0.4, 0.5) is 0 Å². The zero-order chi connectivity index (χ0) is 14.5. The lowest BCUT2D eigenvalue weighted by molar-refractivity contribution is -0.136. The minimum absolute atomic E-state index is 0.0340. The minimum Gasteiger partial charge on any atom is -0.375 e. The molecule has 6 nitrogen and oxygen atoms in total. The number of pyridine rings is 1. The van der Waals surface area contributed by atoms with E-state index in [0.717, 1.165) is 5.69 Å². The molecule has 1 saturated heterocycles. The Balaban J connectivity index is 1.93. The second-order valence-electron chi connectivity index (χ2n) is 4.77. The van der Waals surface area contributed by atoms with E-state index >= 15 is 0 Å². The summed E-state index contributed by atoms with van der Waals surface area (Å²) >= 11 is 0. The Bertz CT molecular complexity index is 496. The molecular weight excluding hydrogens is 258 g/mol. The standard InChI is InChI=1S/C14H19N3O3/c1-11-4-3-5-12(15-11)14(19)17-8-6-16(7-9-17)13(18)10-20-2/h3-5H,6-10H2,1-2H3. The number of ether oxygens (including phenoxy) is 1. The number of methoxy groups -OCH3 is 1. The maximum absolute atomic E-state index is 12.3. The highest BCUT2D eigenvalue weighted by Gasteiger charge is 2.25. The maximum Gasteiger partial charge on any atom is 0.272 e. The van der Waals surface area contributed by atoms with Gasteiger partial charge in [-0.1, -0.05) is 6.07 Å². The van der Waals surface area contributed by atoms with Gasteiger partial charge in [-0.05, 0) is 19.1 Å². The molecule has 2 heterocycles. The van der Waals surface area contributed by atoms with Crippen LogP contribution in [0.1, 0.15) is 16.2 Å². The van der Waals surface area contributed by atoms with Crippen molar-refractivity contribution in [2.75, 3.05) is 39.9 Å². The maximum atomic E-state index is 12.3. The molecule has 0 bridgehead atoms. The van der Waals surface area contributed by atoms with Crippen LogP contribution in [-0.4, -0.2) is 66.5 Å². The Morgan fingerprint density at radius 3 is 2.45 bits per heavy atom. The normalized spacial score (nSPS) is 15.3. The number of aryl methyl sites for hydroxylation is 1. The van der Waals surface area contributed by atoms with Gasteiger partial charge in [0, 0.05) is 39.0 Å². The molecule has 0 aliphatic carbocycles. The number of carbonyl (C=O) groups excluding carboxylic acids is 2. The number of amides is 2. The SMILES string of the molecule is COCC(=O)N1CCN(C(=O)c2cccc(C)n2)CC1.